The van der Waals surface area contributed by atoms with Crippen LogP contribution in [0.4, 0.5) is 5.82 Å². The lowest BCUT2D eigenvalue weighted by molar-refractivity contribution is -0.123. The molecule has 0 bridgehead atoms. The van der Waals surface area contributed by atoms with Crippen LogP contribution < -0.4 is 15.0 Å². The number of carbonyl (C=O) groups excluding carboxylic acids is 1. The molecule has 7 heteroatoms. The Labute approximate surface area is 204 Å². The lowest BCUT2D eigenvalue weighted by atomic mass is 9.84. The van der Waals surface area contributed by atoms with Crippen LogP contribution in [0.1, 0.15) is 63.4 Å². The van der Waals surface area contributed by atoms with Crippen LogP contribution in [-0.4, -0.2) is 74.4 Å². The van der Waals surface area contributed by atoms with Gasteiger partial charge in [0.15, 0.2) is 11.6 Å². The predicted molar refractivity (Wildman–Crippen MR) is 133 cm³/mol. The lowest BCUT2D eigenvalue weighted by Crippen LogP contribution is -2.47. The summed E-state index contributed by atoms with van der Waals surface area (Å²) in [4.78, 5) is 22.1. The summed E-state index contributed by atoms with van der Waals surface area (Å²) in [5, 5.41) is 3.33. The van der Waals surface area contributed by atoms with Crippen LogP contribution in [0.2, 0.25) is 0 Å². The van der Waals surface area contributed by atoms with Crippen LogP contribution in [0.15, 0.2) is 12.3 Å². The fourth-order valence-electron chi connectivity index (χ4n) is 6.44. The monoisotopic (exact) mass is 470 g/mol. The van der Waals surface area contributed by atoms with Crippen molar-refractivity contribution in [2.45, 2.75) is 76.4 Å². The van der Waals surface area contributed by atoms with E-state index in [1.54, 1.807) is 7.11 Å². The van der Waals surface area contributed by atoms with E-state index in [1.165, 1.54) is 31.4 Å². The molecule has 1 aromatic heterocycles. The SMILES string of the molecule is COC1CCC(CC(=O)NC2CCC(CCN3CCN(c4nccc5c4OCC5)CC3)CC2)C1. The molecular formula is C27H42N4O3. The van der Waals surface area contributed by atoms with E-state index >= 15 is 0 Å². The van der Waals surface area contributed by atoms with E-state index in [-0.39, 0.29) is 5.91 Å². The van der Waals surface area contributed by atoms with Crippen molar-refractivity contribution in [3.05, 3.63) is 17.8 Å². The fourth-order valence-corrected chi connectivity index (χ4v) is 6.44. The Hall–Kier alpha value is -1.86. The molecule has 2 saturated carbocycles. The average Bonchev–Trinajstić information content (AvgIpc) is 3.53. The van der Waals surface area contributed by atoms with Crippen LogP contribution in [0.5, 0.6) is 5.75 Å². The van der Waals surface area contributed by atoms with E-state index in [0.29, 0.717) is 24.5 Å². The molecule has 0 spiro atoms. The number of aromatic nitrogens is 1. The smallest absolute Gasteiger partial charge is 0.220 e. The largest absolute Gasteiger partial charge is 0.489 e. The van der Waals surface area contributed by atoms with Crippen molar-refractivity contribution in [3.63, 3.8) is 0 Å². The minimum Gasteiger partial charge on any atom is -0.489 e. The second kappa shape index (κ2) is 11.3. The topological polar surface area (TPSA) is 66.9 Å². The first-order valence-electron chi connectivity index (χ1n) is 13.6. The van der Waals surface area contributed by atoms with Gasteiger partial charge in [-0.15, -0.1) is 0 Å². The molecule has 1 N–H and O–H groups in total. The zero-order valence-electron chi connectivity index (χ0n) is 20.8. The van der Waals surface area contributed by atoms with E-state index in [4.69, 9.17) is 9.47 Å². The number of hydrogen-bond donors (Lipinski definition) is 1. The van der Waals surface area contributed by atoms with E-state index in [1.807, 2.05) is 6.20 Å². The molecule has 7 nitrogen and oxygen atoms in total. The van der Waals surface area contributed by atoms with Crippen LogP contribution in [0.25, 0.3) is 0 Å². The van der Waals surface area contributed by atoms with Crippen LogP contribution in [0, 0.1) is 11.8 Å². The van der Waals surface area contributed by atoms with E-state index in [0.717, 1.165) is 88.8 Å². The molecule has 188 valence electrons. The van der Waals surface area contributed by atoms with E-state index < -0.39 is 0 Å². The average molecular weight is 471 g/mol. The Kier molecular flexibility index (Phi) is 7.90. The first-order chi connectivity index (χ1) is 16.7. The van der Waals surface area contributed by atoms with Crippen molar-refractivity contribution in [2.75, 3.05) is 51.3 Å². The number of amides is 1. The number of piperazine rings is 1. The predicted octanol–water partition coefficient (Wildman–Crippen LogP) is 3.41. The highest BCUT2D eigenvalue weighted by molar-refractivity contribution is 5.76. The Morgan fingerprint density at radius 2 is 1.91 bits per heavy atom. The Bertz CT molecular complexity index is 818. The number of nitrogens with one attached hydrogen (secondary N) is 1. The summed E-state index contributed by atoms with van der Waals surface area (Å²) in [7, 11) is 1.79. The summed E-state index contributed by atoms with van der Waals surface area (Å²) >= 11 is 0. The third-order valence-electron chi connectivity index (χ3n) is 8.62. The fraction of sp³-hybridized carbons (Fsp3) is 0.778. The van der Waals surface area contributed by atoms with Crippen molar-refractivity contribution in [1.29, 1.82) is 0 Å². The number of carbonyl (C=O) groups is 1. The highest BCUT2D eigenvalue weighted by Crippen LogP contribution is 2.35. The minimum absolute atomic E-state index is 0.257. The molecule has 3 heterocycles. The molecule has 1 saturated heterocycles. The van der Waals surface area contributed by atoms with Gasteiger partial charge in [-0.1, -0.05) is 0 Å². The third-order valence-corrected chi connectivity index (χ3v) is 8.62. The van der Waals surface area contributed by atoms with Gasteiger partial charge in [-0.2, -0.15) is 0 Å². The van der Waals surface area contributed by atoms with Crippen molar-refractivity contribution < 1.29 is 14.3 Å². The van der Waals surface area contributed by atoms with E-state index in [2.05, 4.69) is 26.2 Å². The summed E-state index contributed by atoms with van der Waals surface area (Å²) in [5.41, 5.74) is 1.30. The molecule has 5 rings (SSSR count). The van der Waals surface area contributed by atoms with Crippen molar-refractivity contribution >= 4 is 11.7 Å². The van der Waals surface area contributed by atoms with Crippen LogP contribution >= 0.6 is 0 Å². The lowest BCUT2D eigenvalue weighted by Gasteiger charge is -2.37. The molecule has 2 aliphatic carbocycles. The highest BCUT2D eigenvalue weighted by atomic mass is 16.5. The number of pyridine rings is 1. The molecule has 0 aromatic carbocycles. The number of nitrogens with zero attached hydrogens (tertiary/aromatic N) is 3. The Balaban J connectivity index is 0.973. The quantitative estimate of drug-likeness (QED) is 0.628. The zero-order chi connectivity index (χ0) is 23.3. The van der Waals surface area contributed by atoms with Gasteiger partial charge in [-0.05, 0) is 75.8 Å². The molecular weight excluding hydrogens is 428 g/mol. The van der Waals surface area contributed by atoms with Crippen molar-refractivity contribution in [2.24, 2.45) is 11.8 Å². The van der Waals surface area contributed by atoms with Gasteiger partial charge >= 0.3 is 0 Å². The maximum absolute atomic E-state index is 12.5. The number of fused-ring (bicyclic) bond motifs is 1. The van der Waals surface area contributed by atoms with Gasteiger partial charge in [-0.25, -0.2) is 4.98 Å². The first-order valence-corrected chi connectivity index (χ1v) is 13.6. The normalized spacial score (nSPS) is 29.6. The van der Waals surface area contributed by atoms with Crippen molar-refractivity contribution in [3.8, 4) is 5.75 Å². The van der Waals surface area contributed by atoms with Crippen LogP contribution in [-0.2, 0) is 16.0 Å². The third kappa shape index (κ3) is 5.85. The molecule has 1 amide bonds. The molecule has 2 unspecified atom stereocenters. The maximum atomic E-state index is 12.5. The summed E-state index contributed by atoms with van der Waals surface area (Å²) in [5.74, 6) is 3.62. The van der Waals surface area contributed by atoms with Crippen molar-refractivity contribution in [1.82, 2.24) is 15.2 Å². The number of methoxy groups -OCH3 is 1. The van der Waals surface area contributed by atoms with Gasteiger partial charge in [-0.3, -0.25) is 9.69 Å². The highest BCUT2D eigenvalue weighted by Gasteiger charge is 2.29. The standard InChI is InChI=1S/C27H42N4O3/c1-33-24-7-4-21(18-24)19-25(32)29-23-5-2-20(3-6-23)9-12-30-13-15-31(16-14-30)27-26-22(8-11-28-27)10-17-34-26/h8,11,20-21,23-24H,2-7,9-10,12-19H2,1H3,(H,29,32). The Morgan fingerprint density at radius 3 is 2.68 bits per heavy atom. The molecule has 34 heavy (non-hydrogen) atoms. The minimum atomic E-state index is 0.257. The summed E-state index contributed by atoms with van der Waals surface area (Å²) in [6.45, 7) is 6.23. The van der Waals surface area contributed by atoms with Gasteiger partial charge in [0, 0.05) is 63.9 Å². The van der Waals surface area contributed by atoms with E-state index in [9.17, 15) is 4.79 Å². The Morgan fingerprint density at radius 1 is 1.12 bits per heavy atom. The summed E-state index contributed by atoms with van der Waals surface area (Å²) in [6, 6.07) is 2.48. The maximum Gasteiger partial charge on any atom is 0.220 e. The molecule has 3 fully saturated rings. The first kappa shape index (κ1) is 23.9. The number of anilines is 1. The van der Waals surface area contributed by atoms with Gasteiger partial charge < -0.3 is 19.7 Å². The second-order valence-electron chi connectivity index (χ2n) is 10.9. The summed E-state index contributed by atoms with van der Waals surface area (Å²) < 4.78 is 11.3. The van der Waals surface area contributed by atoms with Crippen LogP contribution in [0.3, 0.4) is 0 Å². The molecule has 0 radical (unpaired) electrons. The molecule has 2 atom stereocenters. The summed E-state index contributed by atoms with van der Waals surface area (Å²) in [6.07, 6.45) is 13.3. The number of ether oxygens (including phenoxy) is 2. The zero-order valence-corrected chi connectivity index (χ0v) is 20.8. The molecule has 1 aromatic rings. The second-order valence-corrected chi connectivity index (χ2v) is 10.9. The van der Waals surface area contributed by atoms with Gasteiger partial charge in [0.05, 0.1) is 12.7 Å². The molecule has 2 aliphatic heterocycles. The van der Waals surface area contributed by atoms with Gasteiger partial charge in [0.1, 0.15) is 0 Å². The number of hydrogen-bond acceptors (Lipinski definition) is 6. The number of rotatable bonds is 8. The van der Waals surface area contributed by atoms with Gasteiger partial charge in [0.2, 0.25) is 5.91 Å². The van der Waals surface area contributed by atoms with Gasteiger partial charge in [0.25, 0.3) is 0 Å². The molecule has 4 aliphatic rings.